The minimum Gasteiger partial charge on any atom is -0.472 e. The number of anilines is 1. The first-order chi connectivity index (χ1) is 26.1. The van der Waals surface area contributed by atoms with Crippen molar-refractivity contribution < 1.29 is 40.7 Å². The first kappa shape index (κ1) is 40.0. The summed E-state index contributed by atoms with van der Waals surface area (Å²) in [4.78, 5) is 48.6. The number of likely N-dealkylation sites (tertiary alicyclic amines) is 1. The lowest BCUT2D eigenvalue weighted by molar-refractivity contribution is -0.139. The summed E-state index contributed by atoms with van der Waals surface area (Å²) in [5.74, 6) is -1.87. The van der Waals surface area contributed by atoms with Gasteiger partial charge in [0.1, 0.15) is 12.1 Å². The maximum Gasteiger partial charge on any atom is 0.416 e. The Morgan fingerprint density at radius 2 is 1.84 bits per heavy atom. The third kappa shape index (κ3) is 8.74. The van der Waals surface area contributed by atoms with Crippen LogP contribution >= 0.6 is 0 Å². The van der Waals surface area contributed by atoms with E-state index in [4.69, 9.17) is 4.74 Å². The fourth-order valence-corrected chi connectivity index (χ4v) is 8.77. The Kier molecular flexibility index (Phi) is 11.5. The number of aromatic nitrogens is 1. The molecule has 1 aliphatic heterocycles. The van der Waals surface area contributed by atoms with Crippen molar-refractivity contribution in [2.75, 3.05) is 11.9 Å². The molecule has 3 fully saturated rings. The molecule has 3 aromatic rings. The molecule has 294 valence electrons. The molecule has 1 aromatic heterocycles. The molecular formula is C41H47F3N4O6S. The number of nitrogens with zero attached hydrogens (tertiary/aromatic N) is 2. The maximum absolute atomic E-state index is 14.6. The third-order valence-corrected chi connectivity index (χ3v) is 13.4. The first-order valence-electron chi connectivity index (χ1n) is 18.7. The van der Waals surface area contributed by atoms with E-state index in [1.165, 1.54) is 23.1 Å². The summed E-state index contributed by atoms with van der Waals surface area (Å²) in [7, 11) is -3.99. The van der Waals surface area contributed by atoms with Gasteiger partial charge >= 0.3 is 6.18 Å². The molecule has 14 heteroatoms. The molecule has 0 bridgehead atoms. The lowest BCUT2D eigenvalue weighted by Gasteiger charge is -2.30. The fraction of sp³-hybridized carbons (Fsp3) is 0.463. The predicted molar refractivity (Wildman–Crippen MR) is 203 cm³/mol. The van der Waals surface area contributed by atoms with Crippen molar-refractivity contribution in [3.8, 4) is 5.88 Å². The second-order valence-electron chi connectivity index (χ2n) is 15.3. The Balaban J connectivity index is 1.29. The third-order valence-electron chi connectivity index (χ3n) is 11.3. The van der Waals surface area contributed by atoms with E-state index >= 15 is 0 Å². The van der Waals surface area contributed by atoms with Crippen LogP contribution in [0.1, 0.15) is 76.7 Å². The van der Waals surface area contributed by atoms with E-state index in [2.05, 4.69) is 28.2 Å². The number of unbranched alkanes of at least 4 members (excludes halogenated alkanes) is 3. The number of pyridine rings is 1. The SMILES string of the molecule is C=CCCCCC[C@H](Nc1cccc(C(F)(F)F)c1)C(=O)N1C[C@H](Oc2nccc3ccccc23)C[C@H]1C(=O)C[C@]1(C(=O)NS(=O)(=O)C2(C)CC2)C[C@H]1C=C. The Labute approximate surface area is 319 Å². The summed E-state index contributed by atoms with van der Waals surface area (Å²) in [6, 6.07) is 11.8. The zero-order valence-corrected chi connectivity index (χ0v) is 31.6. The van der Waals surface area contributed by atoms with Crippen molar-refractivity contribution in [2.24, 2.45) is 11.3 Å². The second kappa shape index (κ2) is 15.8. The average molecular weight is 781 g/mol. The summed E-state index contributed by atoms with van der Waals surface area (Å²) in [5.41, 5.74) is -2.13. The number of nitrogens with one attached hydrogen (secondary N) is 2. The zero-order chi connectivity index (χ0) is 39.6. The smallest absolute Gasteiger partial charge is 0.416 e. The van der Waals surface area contributed by atoms with Gasteiger partial charge in [-0.1, -0.05) is 49.3 Å². The highest BCUT2D eigenvalue weighted by atomic mass is 32.2. The molecule has 3 aliphatic rings. The number of halogens is 3. The number of carbonyl (C=O) groups is 3. The number of hydrogen-bond donors (Lipinski definition) is 2. The van der Waals surface area contributed by atoms with Crippen LogP contribution in [0.25, 0.3) is 10.8 Å². The van der Waals surface area contributed by atoms with Crippen LogP contribution in [0.15, 0.2) is 86.1 Å². The van der Waals surface area contributed by atoms with Gasteiger partial charge in [0.2, 0.25) is 27.7 Å². The molecular weight excluding hydrogens is 734 g/mol. The van der Waals surface area contributed by atoms with Gasteiger partial charge in [-0.15, -0.1) is 13.2 Å². The summed E-state index contributed by atoms with van der Waals surface area (Å²) in [6.07, 6.45) is 3.55. The minimum atomic E-state index is -4.60. The second-order valence-corrected chi connectivity index (χ2v) is 17.4. The maximum atomic E-state index is 14.6. The molecule has 0 unspecified atom stereocenters. The van der Waals surface area contributed by atoms with Crippen molar-refractivity contribution in [2.45, 2.75) is 100 Å². The molecule has 2 amide bonds. The number of hydrogen-bond acceptors (Lipinski definition) is 8. The molecule has 0 radical (unpaired) electrons. The van der Waals surface area contributed by atoms with Crippen LogP contribution in [0.4, 0.5) is 18.9 Å². The molecule has 55 heavy (non-hydrogen) atoms. The largest absolute Gasteiger partial charge is 0.472 e. The van der Waals surface area contributed by atoms with Gasteiger partial charge in [0.15, 0.2) is 5.78 Å². The number of amides is 2. The number of Topliss-reactive ketones (excluding diaryl/α,β-unsaturated/α-hetero) is 1. The van der Waals surface area contributed by atoms with Gasteiger partial charge < -0.3 is 15.0 Å². The number of benzene rings is 2. The molecule has 2 aliphatic carbocycles. The van der Waals surface area contributed by atoms with Gasteiger partial charge in [-0.05, 0) is 87.1 Å². The van der Waals surface area contributed by atoms with Gasteiger partial charge in [-0.3, -0.25) is 19.1 Å². The summed E-state index contributed by atoms with van der Waals surface area (Å²) < 4.78 is 74.6. The van der Waals surface area contributed by atoms with Crippen molar-refractivity contribution >= 4 is 44.1 Å². The van der Waals surface area contributed by atoms with E-state index in [0.29, 0.717) is 25.1 Å². The Hall–Kier alpha value is -4.72. The number of rotatable bonds is 18. The standard InChI is InChI=1S/C41H47F3N4O6S/c1-4-6-7-8-9-17-33(46-30-15-12-14-29(22-30)41(42,43)44)37(50)48-26-31(54-36-32-16-11-10-13-27(32)18-21-45-36)23-34(48)35(49)25-40(24-28(40)5-2)38(51)47-55(52,53)39(3)19-20-39/h4-5,10-16,18,21-22,28,31,33-34,46H,1-2,6-9,17,19-20,23-26H2,3H3,(H,47,51)/t28-,31-,33+,34+,40-/m1/s1. The normalized spacial score (nSPS) is 23.4. The molecule has 2 saturated carbocycles. The molecule has 2 heterocycles. The quantitative estimate of drug-likeness (QED) is 0.101. The van der Waals surface area contributed by atoms with Crippen LogP contribution in [0.2, 0.25) is 0 Å². The Morgan fingerprint density at radius 1 is 1.07 bits per heavy atom. The van der Waals surface area contributed by atoms with Crippen LogP contribution in [0.3, 0.4) is 0 Å². The highest BCUT2D eigenvalue weighted by Crippen LogP contribution is 2.57. The van der Waals surface area contributed by atoms with Crippen molar-refractivity contribution in [3.05, 3.63) is 91.7 Å². The average Bonchev–Trinajstić information content (AvgIpc) is 4.04. The van der Waals surface area contributed by atoms with E-state index < -0.39 is 73.6 Å². The number of allylic oxidation sites excluding steroid dienone is 2. The van der Waals surface area contributed by atoms with Crippen molar-refractivity contribution in [3.63, 3.8) is 0 Å². The van der Waals surface area contributed by atoms with Crippen LogP contribution in [-0.4, -0.2) is 65.4 Å². The monoisotopic (exact) mass is 780 g/mol. The van der Waals surface area contributed by atoms with Gasteiger partial charge in [-0.25, -0.2) is 13.4 Å². The number of ketones is 1. The molecule has 1 saturated heterocycles. The fourth-order valence-electron chi connectivity index (χ4n) is 7.44. The molecule has 5 atom stereocenters. The van der Waals surface area contributed by atoms with Crippen LogP contribution < -0.4 is 14.8 Å². The first-order valence-corrected chi connectivity index (χ1v) is 20.2. The van der Waals surface area contributed by atoms with E-state index in [1.807, 2.05) is 30.3 Å². The van der Waals surface area contributed by atoms with Crippen LogP contribution in [-0.2, 0) is 30.6 Å². The van der Waals surface area contributed by atoms with E-state index in [9.17, 15) is 36.0 Å². The Bertz CT molecular complexity index is 2060. The highest BCUT2D eigenvalue weighted by molar-refractivity contribution is 7.91. The lowest BCUT2D eigenvalue weighted by Crippen LogP contribution is -2.49. The summed E-state index contributed by atoms with van der Waals surface area (Å²) in [5, 5.41) is 4.63. The van der Waals surface area contributed by atoms with Gasteiger partial charge in [-0.2, -0.15) is 13.2 Å². The van der Waals surface area contributed by atoms with E-state index in [1.54, 1.807) is 19.2 Å². The van der Waals surface area contributed by atoms with E-state index in [-0.39, 0.29) is 37.9 Å². The van der Waals surface area contributed by atoms with Crippen LogP contribution in [0, 0.1) is 11.3 Å². The molecule has 6 rings (SSSR count). The molecule has 2 aromatic carbocycles. The number of fused-ring (bicyclic) bond motifs is 1. The highest BCUT2D eigenvalue weighted by Gasteiger charge is 2.62. The number of alkyl halides is 3. The lowest BCUT2D eigenvalue weighted by atomic mass is 9.91. The summed E-state index contributed by atoms with van der Waals surface area (Å²) in [6.45, 7) is 9.08. The number of sulfonamides is 1. The van der Waals surface area contributed by atoms with Crippen LogP contribution in [0.5, 0.6) is 5.88 Å². The topological polar surface area (TPSA) is 135 Å². The van der Waals surface area contributed by atoms with E-state index in [0.717, 1.165) is 42.2 Å². The minimum absolute atomic E-state index is 0.0335. The number of carbonyl (C=O) groups excluding carboxylic acids is 3. The van der Waals surface area contributed by atoms with Gasteiger partial charge in [0, 0.05) is 30.1 Å². The van der Waals surface area contributed by atoms with Gasteiger partial charge in [0.25, 0.3) is 0 Å². The molecule has 2 N–H and O–H groups in total. The molecule has 10 nitrogen and oxygen atoms in total. The van der Waals surface area contributed by atoms with Crippen molar-refractivity contribution in [1.82, 2.24) is 14.6 Å². The predicted octanol–water partition coefficient (Wildman–Crippen LogP) is 7.37. The van der Waals surface area contributed by atoms with Crippen molar-refractivity contribution in [1.29, 1.82) is 0 Å². The van der Waals surface area contributed by atoms with Gasteiger partial charge in [0.05, 0.1) is 28.3 Å². The summed E-state index contributed by atoms with van der Waals surface area (Å²) >= 11 is 0. The zero-order valence-electron chi connectivity index (χ0n) is 30.8. The number of ether oxygens (including phenoxy) is 1. The molecule has 0 spiro atoms. The Morgan fingerprint density at radius 3 is 2.53 bits per heavy atom.